The fourth-order valence-corrected chi connectivity index (χ4v) is 6.57. The van der Waals surface area contributed by atoms with Gasteiger partial charge < -0.3 is 5.11 Å². The van der Waals surface area contributed by atoms with Crippen molar-refractivity contribution < 1.29 is 18.3 Å². The van der Waals surface area contributed by atoms with Crippen LogP contribution in [0.4, 0.5) is 0 Å². The van der Waals surface area contributed by atoms with Crippen LogP contribution in [-0.4, -0.2) is 25.0 Å². The molecule has 1 rings (SSSR count). The van der Waals surface area contributed by atoms with E-state index in [0.29, 0.717) is 7.57 Å². The average Bonchev–Trinajstić information content (AvgIpc) is 2.40. The highest BCUT2D eigenvalue weighted by molar-refractivity contribution is 9.12. The highest BCUT2D eigenvalue weighted by atomic mass is 79.9. The number of hydrogen-bond acceptors (Lipinski definition) is 4. The van der Waals surface area contributed by atoms with Crippen LogP contribution < -0.4 is 4.72 Å². The van der Waals surface area contributed by atoms with Crippen molar-refractivity contribution in [3.8, 4) is 0 Å². The Morgan fingerprint density at radius 3 is 2.44 bits per heavy atom. The van der Waals surface area contributed by atoms with E-state index in [1.54, 1.807) is 0 Å². The van der Waals surface area contributed by atoms with Crippen LogP contribution in [0.15, 0.2) is 18.5 Å². The lowest BCUT2D eigenvalue weighted by Crippen LogP contribution is -2.44. The molecular formula is C9H11Br2NO4S2. The number of aliphatic carboxylic acids is 1. The first-order chi connectivity index (χ1) is 8.03. The molecule has 0 aromatic carbocycles. The fraction of sp³-hybridized carbons (Fsp3) is 0.444. The minimum absolute atomic E-state index is 0.0952. The Labute approximate surface area is 126 Å². The zero-order chi connectivity index (χ0) is 14.1. The molecule has 9 heteroatoms. The Bertz CT molecular complexity index is 565. The summed E-state index contributed by atoms with van der Waals surface area (Å²) in [5.74, 6) is -1.06. The molecule has 18 heavy (non-hydrogen) atoms. The predicted octanol–water partition coefficient (Wildman–Crippen LogP) is 2.80. The minimum atomic E-state index is -3.75. The van der Waals surface area contributed by atoms with E-state index in [1.165, 1.54) is 31.3 Å². The Morgan fingerprint density at radius 1 is 1.50 bits per heavy atom. The molecule has 0 amide bonds. The summed E-state index contributed by atoms with van der Waals surface area (Å²) in [7, 11) is -3.75. The van der Waals surface area contributed by atoms with Gasteiger partial charge in [0.15, 0.2) is 0 Å². The average molecular weight is 421 g/mol. The first-order valence-corrected chi connectivity index (χ1v) is 8.63. The highest BCUT2D eigenvalue weighted by Crippen LogP contribution is 2.35. The van der Waals surface area contributed by atoms with E-state index in [4.69, 9.17) is 5.11 Å². The van der Waals surface area contributed by atoms with Gasteiger partial charge in [0, 0.05) is 5.54 Å². The van der Waals surface area contributed by atoms with Crippen molar-refractivity contribution in [1.29, 1.82) is 0 Å². The third-order valence-electron chi connectivity index (χ3n) is 1.92. The number of carboxylic acids is 1. The molecule has 1 aromatic heterocycles. The maximum Gasteiger partial charge on any atom is 0.305 e. The second-order valence-corrected chi connectivity index (χ2v) is 9.65. The summed E-state index contributed by atoms with van der Waals surface area (Å²) in [6.45, 7) is 3.04. The quantitative estimate of drug-likeness (QED) is 0.766. The molecule has 0 aliphatic carbocycles. The SMILES string of the molecule is CC(C)(CC(=O)O)NS(=O)(=O)c1cc(Br)sc1Br. The lowest BCUT2D eigenvalue weighted by atomic mass is 10.0. The van der Waals surface area contributed by atoms with E-state index in [9.17, 15) is 13.2 Å². The van der Waals surface area contributed by atoms with E-state index in [0.717, 1.165) is 0 Å². The van der Waals surface area contributed by atoms with Crippen LogP contribution in [0.25, 0.3) is 0 Å². The van der Waals surface area contributed by atoms with Crippen LogP contribution in [0.2, 0.25) is 0 Å². The third kappa shape index (κ3) is 4.30. The maximum absolute atomic E-state index is 12.1. The molecule has 0 spiro atoms. The monoisotopic (exact) mass is 419 g/mol. The van der Waals surface area contributed by atoms with Gasteiger partial charge in [-0.15, -0.1) is 11.3 Å². The van der Waals surface area contributed by atoms with Crippen molar-refractivity contribution in [1.82, 2.24) is 4.72 Å². The number of nitrogens with one attached hydrogen (secondary N) is 1. The third-order valence-corrected chi connectivity index (χ3v) is 6.37. The fourth-order valence-electron chi connectivity index (χ4n) is 1.34. The van der Waals surface area contributed by atoms with Crippen molar-refractivity contribution >= 4 is 59.2 Å². The molecule has 2 N–H and O–H groups in total. The van der Waals surface area contributed by atoms with Gasteiger partial charge in [-0.25, -0.2) is 13.1 Å². The summed E-state index contributed by atoms with van der Waals surface area (Å²) in [5.41, 5.74) is -1.06. The zero-order valence-corrected chi connectivity index (χ0v) is 14.3. The van der Waals surface area contributed by atoms with Crippen molar-refractivity contribution in [2.75, 3.05) is 0 Å². The Morgan fingerprint density at radius 2 is 2.06 bits per heavy atom. The highest BCUT2D eigenvalue weighted by Gasteiger charge is 2.30. The Hall–Kier alpha value is 0.0400. The van der Waals surface area contributed by atoms with Crippen molar-refractivity contribution in [3.05, 3.63) is 13.6 Å². The van der Waals surface area contributed by atoms with Gasteiger partial charge >= 0.3 is 5.97 Å². The summed E-state index contributed by atoms with van der Waals surface area (Å²) in [5, 5.41) is 8.73. The maximum atomic E-state index is 12.1. The molecule has 0 saturated heterocycles. The number of carbonyl (C=O) groups is 1. The molecule has 1 heterocycles. The Kier molecular flexibility index (Phi) is 4.99. The van der Waals surface area contributed by atoms with Crippen molar-refractivity contribution in [2.45, 2.75) is 30.7 Å². The largest absolute Gasteiger partial charge is 0.481 e. The molecular weight excluding hydrogens is 410 g/mol. The van der Waals surface area contributed by atoms with E-state index in [-0.39, 0.29) is 11.3 Å². The van der Waals surface area contributed by atoms with Crippen LogP contribution in [0.3, 0.4) is 0 Å². The molecule has 0 fully saturated rings. The van der Waals surface area contributed by atoms with E-state index in [1.807, 2.05) is 0 Å². The molecule has 0 aliphatic heterocycles. The summed E-state index contributed by atoms with van der Waals surface area (Å²) in [4.78, 5) is 10.8. The van der Waals surface area contributed by atoms with Gasteiger partial charge in [0.2, 0.25) is 10.0 Å². The second-order valence-electron chi connectivity index (χ2n) is 4.25. The first kappa shape index (κ1) is 16.1. The molecule has 102 valence electrons. The molecule has 0 saturated carbocycles. The predicted molar refractivity (Wildman–Crippen MR) is 76.4 cm³/mol. The minimum Gasteiger partial charge on any atom is -0.481 e. The number of halogens is 2. The lowest BCUT2D eigenvalue weighted by molar-refractivity contribution is -0.138. The van der Waals surface area contributed by atoms with Crippen molar-refractivity contribution in [2.24, 2.45) is 0 Å². The molecule has 5 nitrogen and oxygen atoms in total. The summed E-state index contributed by atoms with van der Waals surface area (Å²) in [6, 6.07) is 1.47. The zero-order valence-electron chi connectivity index (χ0n) is 9.53. The number of carboxylic acid groups (broad SMARTS) is 1. The van der Waals surface area contributed by atoms with Gasteiger partial charge in [0.05, 0.1) is 14.0 Å². The van der Waals surface area contributed by atoms with Crippen LogP contribution in [-0.2, 0) is 14.8 Å². The molecule has 0 atom stereocenters. The number of hydrogen-bond donors (Lipinski definition) is 2. The number of rotatable bonds is 5. The summed E-state index contributed by atoms with van der Waals surface area (Å²) >= 11 is 7.60. The van der Waals surface area contributed by atoms with Gasteiger partial charge in [-0.2, -0.15) is 0 Å². The normalized spacial score (nSPS) is 12.7. The topological polar surface area (TPSA) is 83.5 Å². The van der Waals surface area contributed by atoms with Gasteiger partial charge in [-0.1, -0.05) is 0 Å². The molecule has 0 unspecified atom stereocenters. The summed E-state index contributed by atoms with van der Waals surface area (Å²) < 4.78 is 27.7. The number of thiophene rings is 1. The van der Waals surface area contributed by atoms with E-state index >= 15 is 0 Å². The first-order valence-electron chi connectivity index (χ1n) is 4.74. The second kappa shape index (κ2) is 5.58. The standard InChI is InChI=1S/C9H11Br2NO4S2/c1-9(2,4-7(13)14)12-18(15,16)5-3-6(10)17-8(5)11/h3,12H,4H2,1-2H3,(H,13,14). The summed E-state index contributed by atoms with van der Waals surface area (Å²) in [6.07, 6.45) is -0.296. The van der Waals surface area contributed by atoms with E-state index < -0.39 is 21.5 Å². The smallest absolute Gasteiger partial charge is 0.305 e. The van der Waals surface area contributed by atoms with Crippen LogP contribution in [0.5, 0.6) is 0 Å². The van der Waals surface area contributed by atoms with Gasteiger partial charge in [-0.3, -0.25) is 4.79 Å². The van der Waals surface area contributed by atoms with Crippen LogP contribution in [0, 0.1) is 0 Å². The lowest BCUT2D eigenvalue weighted by Gasteiger charge is -2.23. The number of sulfonamides is 1. The van der Waals surface area contributed by atoms with Crippen molar-refractivity contribution in [3.63, 3.8) is 0 Å². The van der Waals surface area contributed by atoms with Crippen LogP contribution >= 0.6 is 43.2 Å². The molecule has 0 radical (unpaired) electrons. The van der Waals surface area contributed by atoms with Gasteiger partial charge in [-0.05, 0) is 51.8 Å². The van der Waals surface area contributed by atoms with E-state index in [2.05, 4.69) is 36.6 Å². The van der Waals surface area contributed by atoms with Gasteiger partial charge in [0.25, 0.3) is 0 Å². The molecule has 0 aliphatic rings. The van der Waals surface area contributed by atoms with Crippen LogP contribution in [0.1, 0.15) is 20.3 Å². The molecule has 0 bridgehead atoms. The molecule has 1 aromatic rings. The Balaban J connectivity index is 3.02. The van der Waals surface area contributed by atoms with Gasteiger partial charge in [0.1, 0.15) is 4.90 Å².